The van der Waals surface area contributed by atoms with Crippen LogP contribution < -0.4 is 0 Å². The van der Waals surface area contributed by atoms with Crippen molar-refractivity contribution in [1.29, 1.82) is 0 Å². The van der Waals surface area contributed by atoms with Crippen molar-refractivity contribution < 1.29 is 9.53 Å². The molecule has 0 radical (unpaired) electrons. The Morgan fingerprint density at radius 2 is 2.32 bits per heavy atom. The van der Waals surface area contributed by atoms with E-state index in [1.807, 2.05) is 18.1 Å². The predicted octanol–water partition coefficient (Wildman–Crippen LogP) is 2.90. The van der Waals surface area contributed by atoms with Gasteiger partial charge in [0.05, 0.1) is 6.61 Å². The molecule has 118 valence electrons. The number of rotatable bonds is 5. The molecular weight excluding hydrogens is 276 g/mol. The number of carbonyl (C=O) groups excluding carboxylic acids is 1. The third-order valence-electron chi connectivity index (χ3n) is 4.51. The highest BCUT2D eigenvalue weighted by atomic mass is 16.5. The lowest BCUT2D eigenvalue weighted by Gasteiger charge is -2.20. The fourth-order valence-corrected chi connectivity index (χ4v) is 3.15. The summed E-state index contributed by atoms with van der Waals surface area (Å²) in [5.74, 6) is 0.721. The van der Waals surface area contributed by atoms with Gasteiger partial charge in [0.25, 0.3) is 0 Å². The first-order chi connectivity index (χ1) is 10.6. The molecule has 2 heterocycles. The number of carbonyl (C=O) groups is 1. The largest absolute Gasteiger partial charge is 0.381 e. The zero-order valence-corrected chi connectivity index (χ0v) is 13.4. The second-order valence-corrected chi connectivity index (χ2v) is 6.37. The van der Waals surface area contributed by atoms with E-state index in [1.165, 1.54) is 16.5 Å². The first-order valence-electron chi connectivity index (χ1n) is 8.02. The van der Waals surface area contributed by atoms with E-state index in [9.17, 15) is 4.79 Å². The number of H-pyrrole nitrogens is 1. The zero-order valence-electron chi connectivity index (χ0n) is 13.4. The minimum absolute atomic E-state index is 0.217. The highest BCUT2D eigenvalue weighted by Crippen LogP contribution is 2.21. The number of aromatic amines is 1. The lowest BCUT2D eigenvalue weighted by atomic mass is 10.1. The quantitative estimate of drug-likeness (QED) is 0.923. The molecule has 1 N–H and O–H groups in total. The third kappa shape index (κ3) is 3.33. The summed E-state index contributed by atoms with van der Waals surface area (Å²) in [6, 6.07) is 6.39. The van der Waals surface area contributed by atoms with Crippen molar-refractivity contribution in [2.75, 3.05) is 26.8 Å². The van der Waals surface area contributed by atoms with Gasteiger partial charge in [-0.15, -0.1) is 0 Å². The second-order valence-electron chi connectivity index (χ2n) is 6.37. The Kier molecular flexibility index (Phi) is 4.48. The van der Waals surface area contributed by atoms with Crippen LogP contribution in [0.25, 0.3) is 10.9 Å². The van der Waals surface area contributed by atoms with E-state index in [-0.39, 0.29) is 5.91 Å². The summed E-state index contributed by atoms with van der Waals surface area (Å²) in [7, 11) is 1.90. The number of fused-ring (bicyclic) bond motifs is 1. The van der Waals surface area contributed by atoms with Crippen LogP contribution >= 0.6 is 0 Å². The molecule has 0 bridgehead atoms. The maximum atomic E-state index is 12.3. The van der Waals surface area contributed by atoms with Crippen LogP contribution in [-0.2, 0) is 16.0 Å². The monoisotopic (exact) mass is 300 g/mol. The van der Waals surface area contributed by atoms with Crippen molar-refractivity contribution in [3.63, 3.8) is 0 Å². The molecule has 1 aromatic heterocycles. The molecule has 1 aromatic carbocycles. The van der Waals surface area contributed by atoms with E-state index in [2.05, 4.69) is 30.1 Å². The number of nitrogens with zero attached hydrogens (tertiary/aromatic N) is 1. The van der Waals surface area contributed by atoms with Crippen LogP contribution in [0.15, 0.2) is 24.4 Å². The number of ether oxygens (including phenoxy) is 1. The Balaban J connectivity index is 1.58. The maximum absolute atomic E-state index is 12.3. The van der Waals surface area contributed by atoms with Gasteiger partial charge < -0.3 is 14.6 Å². The molecule has 2 aromatic rings. The molecule has 1 amide bonds. The van der Waals surface area contributed by atoms with Crippen LogP contribution in [-0.4, -0.2) is 42.6 Å². The van der Waals surface area contributed by atoms with Crippen molar-refractivity contribution in [2.24, 2.45) is 5.92 Å². The van der Waals surface area contributed by atoms with Crippen molar-refractivity contribution in [3.05, 3.63) is 35.5 Å². The fourth-order valence-electron chi connectivity index (χ4n) is 3.15. The number of benzene rings is 1. The molecule has 0 aliphatic carbocycles. The molecule has 1 saturated heterocycles. The fraction of sp³-hybridized carbons (Fsp3) is 0.500. The van der Waals surface area contributed by atoms with Crippen LogP contribution in [0.4, 0.5) is 0 Å². The van der Waals surface area contributed by atoms with Gasteiger partial charge in [-0.05, 0) is 37.5 Å². The smallest absolute Gasteiger partial charge is 0.222 e. The number of nitrogens with one attached hydrogen (secondary N) is 1. The minimum atomic E-state index is 0.217. The topological polar surface area (TPSA) is 45.3 Å². The van der Waals surface area contributed by atoms with Crippen LogP contribution in [0.1, 0.15) is 24.0 Å². The van der Waals surface area contributed by atoms with Gasteiger partial charge in [0.15, 0.2) is 0 Å². The van der Waals surface area contributed by atoms with Crippen molar-refractivity contribution in [2.45, 2.75) is 26.2 Å². The van der Waals surface area contributed by atoms with E-state index in [0.29, 0.717) is 12.3 Å². The lowest BCUT2D eigenvalue weighted by molar-refractivity contribution is -0.130. The van der Waals surface area contributed by atoms with Gasteiger partial charge in [-0.3, -0.25) is 4.79 Å². The summed E-state index contributed by atoms with van der Waals surface area (Å²) in [5, 5.41) is 1.24. The molecule has 4 heteroatoms. The molecule has 1 fully saturated rings. The van der Waals surface area contributed by atoms with E-state index in [1.54, 1.807) is 0 Å². The van der Waals surface area contributed by atoms with Gasteiger partial charge in [0.2, 0.25) is 5.91 Å². The lowest BCUT2D eigenvalue weighted by Crippen LogP contribution is -2.32. The van der Waals surface area contributed by atoms with Crippen LogP contribution in [0.3, 0.4) is 0 Å². The highest BCUT2D eigenvalue weighted by Gasteiger charge is 2.20. The number of hydrogen-bond donors (Lipinski definition) is 1. The normalized spacial score (nSPS) is 18.0. The van der Waals surface area contributed by atoms with E-state index in [0.717, 1.165) is 38.1 Å². The maximum Gasteiger partial charge on any atom is 0.222 e. The Morgan fingerprint density at radius 1 is 1.45 bits per heavy atom. The van der Waals surface area contributed by atoms with E-state index < -0.39 is 0 Å². The summed E-state index contributed by atoms with van der Waals surface area (Å²) in [5.41, 5.74) is 3.62. The SMILES string of the molecule is Cc1ccc2[nH]cc(CCC(=O)N(C)CC3CCOC3)c2c1. The van der Waals surface area contributed by atoms with Crippen molar-refractivity contribution in [1.82, 2.24) is 9.88 Å². The molecule has 22 heavy (non-hydrogen) atoms. The molecule has 0 spiro atoms. The number of amides is 1. The summed E-state index contributed by atoms with van der Waals surface area (Å²) in [6.45, 7) is 4.53. The van der Waals surface area contributed by atoms with Gasteiger partial charge in [-0.25, -0.2) is 0 Å². The van der Waals surface area contributed by atoms with Gasteiger partial charge in [-0.1, -0.05) is 11.6 Å². The zero-order chi connectivity index (χ0) is 15.5. The second kappa shape index (κ2) is 6.53. The number of aryl methyl sites for hydroxylation is 2. The Hall–Kier alpha value is -1.81. The molecule has 0 saturated carbocycles. The van der Waals surface area contributed by atoms with Gasteiger partial charge >= 0.3 is 0 Å². The first-order valence-corrected chi connectivity index (χ1v) is 8.02. The van der Waals surface area contributed by atoms with Gasteiger partial charge in [0.1, 0.15) is 0 Å². The number of aromatic nitrogens is 1. The molecule has 1 aliphatic rings. The van der Waals surface area contributed by atoms with Crippen LogP contribution in [0.2, 0.25) is 0 Å². The van der Waals surface area contributed by atoms with Crippen molar-refractivity contribution >= 4 is 16.8 Å². The van der Waals surface area contributed by atoms with Gasteiger partial charge in [-0.2, -0.15) is 0 Å². The Bertz CT molecular complexity index is 656. The molecule has 1 atom stereocenters. The summed E-state index contributed by atoms with van der Waals surface area (Å²) < 4.78 is 5.37. The standard InChI is InChI=1S/C18H24N2O2/c1-13-3-5-17-16(9-13)15(10-19-17)4-6-18(21)20(2)11-14-7-8-22-12-14/h3,5,9-10,14,19H,4,6-8,11-12H2,1-2H3. The average molecular weight is 300 g/mol. The molecular formula is C18H24N2O2. The molecule has 1 aliphatic heterocycles. The third-order valence-corrected chi connectivity index (χ3v) is 4.51. The average Bonchev–Trinajstić information content (AvgIpc) is 3.14. The minimum Gasteiger partial charge on any atom is -0.381 e. The van der Waals surface area contributed by atoms with Gasteiger partial charge in [0, 0.05) is 49.6 Å². The summed E-state index contributed by atoms with van der Waals surface area (Å²) >= 11 is 0. The number of hydrogen-bond acceptors (Lipinski definition) is 2. The Labute approximate surface area is 131 Å². The van der Waals surface area contributed by atoms with E-state index >= 15 is 0 Å². The summed E-state index contributed by atoms with van der Waals surface area (Å²) in [4.78, 5) is 17.5. The molecule has 3 rings (SSSR count). The van der Waals surface area contributed by atoms with Crippen LogP contribution in [0, 0.1) is 12.8 Å². The first kappa shape index (κ1) is 15.1. The molecule has 4 nitrogen and oxygen atoms in total. The molecule has 1 unspecified atom stereocenters. The predicted molar refractivity (Wildman–Crippen MR) is 87.9 cm³/mol. The van der Waals surface area contributed by atoms with E-state index in [4.69, 9.17) is 4.74 Å². The van der Waals surface area contributed by atoms with Crippen LogP contribution in [0.5, 0.6) is 0 Å². The Morgan fingerprint density at radius 3 is 3.09 bits per heavy atom. The summed E-state index contributed by atoms with van der Waals surface area (Å²) in [6.07, 6.45) is 4.44. The van der Waals surface area contributed by atoms with Crippen molar-refractivity contribution in [3.8, 4) is 0 Å². The highest BCUT2D eigenvalue weighted by molar-refractivity contribution is 5.84.